The van der Waals surface area contributed by atoms with Crippen LogP contribution in [0.25, 0.3) is 11.0 Å². The van der Waals surface area contributed by atoms with E-state index in [1.54, 1.807) is 12.3 Å². The SMILES string of the molecule is CC(C)Oc1ccccc1[C@@H]1CN(c2ncc3c(n2)CCOC3)CCN1C1CC2(CCN(c3ccc(C(=O)NS(=O)(=O)c4cc5c(c([N+](=O)[O-])c4)N[C@H](C4CCOCC4)CO5)c(N4c5cc6cc[nH]c6nc5O[C@H]5COCC[C@@H]54)c3)CC2)C1. The molecule has 7 aliphatic heterocycles. The molecule has 4 saturated heterocycles. The summed E-state index contributed by atoms with van der Waals surface area (Å²) >= 11 is 0. The number of nitro groups is 1. The average molecular weight is 1150 g/mol. The van der Waals surface area contributed by atoms with Crippen molar-refractivity contribution < 1.29 is 46.6 Å². The number of nitro benzene ring substituents is 1. The number of H-pyrrole nitrogens is 1. The molecule has 3 aromatic carbocycles. The number of amides is 1. The van der Waals surface area contributed by atoms with E-state index in [2.05, 4.69) is 66.7 Å². The van der Waals surface area contributed by atoms with Crippen LogP contribution in [0.4, 0.5) is 34.4 Å². The lowest BCUT2D eigenvalue weighted by Crippen LogP contribution is -2.60. The van der Waals surface area contributed by atoms with E-state index in [9.17, 15) is 23.3 Å². The maximum absolute atomic E-state index is 14.9. The highest BCUT2D eigenvalue weighted by Crippen LogP contribution is 2.54. The van der Waals surface area contributed by atoms with E-state index in [0.717, 1.165) is 118 Å². The number of hydrogen-bond donors (Lipinski definition) is 3. The van der Waals surface area contributed by atoms with E-state index < -0.39 is 37.5 Å². The monoisotopic (exact) mass is 1150 g/mol. The van der Waals surface area contributed by atoms with Gasteiger partial charge in [0.15, 0.2) is 11.4 Å². The molecule has 5 fully saturated rings. The first-order chi connectivity index (χ1) is 40.3. The van der Waals surface area contributed by atoms with Crippen LogP contribution in [0.15, 0.2) is 84.0 Å². The number of piperazine rings is 1. The van der Waals surface area contributed by atoms with E-state index in [4.69, 9.17) is 43.4 Å². The smallest absolute Gasteiger partial charge is 0.297 e. The zero-order valence-corrected chi connectivity index (χ0v) is 47.5. The summed E-state index contributed by atoms with van der Waals surface area (Å²) in [5, 5.41) is 16.7. The number of para-hydroxylation sites is 1. The van der Waals surface area contributed by atoms with Crippen molar-refractivity contribution in [1.29, 1.82) is 0 Å². The van der Waals surface area contributed by atoms with Gasteiger partial charge in [0.25, 0.3) is 21.6 Å². The summed E-state index contributed by atoms with van der Waals surface area (Å²) in [6.07, 6.45) is 10.3. The van der Waals surface area contributed by atoms with Crippen LogP contribution in [0.1, 0.15) is 92.0 Å². The number of piperidine rings is 1. The molecule has 1 aliphatic carbocycles. The Morgan fingerprint density at radius 2 is 1.73 bits per heavy atom. The number of aromatic amines is 1. The average Bonchev–Trinajstić information content (AvgIpc) is 3.80. The quantitative estimate of drug-likeness (QED) is 0.0781. The number of rotatable bonds is 12. The van der Waals surface area contributed by atoms with E-state index in [0.29, 0.717) is 68.4 Å². The minimum absolute atomic E-state index is 0.0211. The summed E-state index contributed by atoms with van der Waals surface area (Å²) in [7, 11) is -4.72. The highest BCUT2D eigenvalue weighted by molar-refractivity contribution is 7.90. The van der Waals surface area contributed by atoms with Gasteiger partial charge in [-0.1, -0.05) is 18.2 Å². The Morgan fingerprint density at radius 3 is 2.57 bits per heavy atom. The lowest BCUT2D eigenvalue weighted by Gasteiger charge is -2.58. The molecule has 10 heterocycles. The van der Waals surface area contributed by atoms with Crippen LogP contribution in [0.3, 0.4) is 0 Å². The fourth-order valence-electron chi connectivity index (χ4n) is 14.1. The van der Waals surface area contributed by atoms with Crippen molar-refractivity contribution in [1.82, 2.24) is 29.6 Å². The summed E-state index contributed by atoms with van der Waals surface area (Å²) in [4.78, 5) is 53.9. The molecule has 1 amide bonds. The van der Waals surface area contributed by atoms with Gasteiger partial charge in [-0.15, -0.1) is 0 Å². The number of nitrogens with zero attached hydrogens (tertiary/aromatic N) is 8. The Labute approximate surface area is 481 Å². The van der Waals surface area contributed by atoms with Gasteiger partial charge in [-0.05, 0) is 107 Å². The predicted octanol–water partition coefficient (Wildman–Crippen LogP) is 7.84. The molecule has 0 radical (unpaired) electrons. The Kier molecular flexibility index (Phi) is 14.0. The van der Waals surface area contributed by atoms with Crippen LogP contribution in [0.5, 0.6) is 17.4 Å². The van der Waals surface area contributed by atoms with Gasteiger partial charge in [0.1, 0.15) is 29.8 Å². The minimum Gasteiger partial charge on any atom is -0.491 e. The molecule has 436 valence electrons. The molecule has 4 atom stereocenters. The van der Waals surface area contributed by atoms with Crippen LogP contribution >= 0.6 is 0 Å². The second-order valence-corrected chi connectivity index (χ2v) is 25.5. The third-order valence-corrected chi connectivity index (χ3v) is 19.8. The van der Waals surface area contributed by atoms with Crippen molar-refractivity contribution in [3.05, 3.63) is 112 Å². The van der Waals surface area contributed by atoms with Crippen molar-refractivity contribution in [2.75, 3.05) is 92.4 Å². The van der Waals surface area contributed by atoms with Crippen molar-refractivity contribution in [3.8, 4) is 17.4 Å². The third-order valence-electron chi connectivity index (χ3n) is 18.5. The van der Waals surface area contributed by atoms with Crippen molar-refractivity contribution in [3.63, 3.8) is 0 Å². The van der Waals surface area contributed by atoms with Crippen LogP contribution in [-0.4, -0.2) is 147 Å². The van der Waals surface area contributed by atoms with Crippen LogP contribution in [-0.2, 0) is 37.3 Å². The number of ether oxygens (including phenoxy) is 6. The fraction of sp³-hybridized carbons (Fsp3) is 0.500. The number of nitrogens with one attached hydrogen (secondary N) is 3. The van der Waals surface area contributed by atoms with Crippen LogP contribution in [0.2, 0.25) is 0 Å². The molecule has 83 heavy (non-hydrogen) atoms. The largest absolute Gasteiger partial charge is 0.491 e. The molecule has 6 aromatic rings. The lowest BCUT2D eigenvalue weighted by atomic mass is 9.59. The Hall–Kier alpha value is -7.31. The number of benzene rings is 3. The minimum atomic E-state index is -4.72. The third kappa shape index (κ3) is 10.2. The zero-order chi connectivity index (χ0) is 56.6. The van der Waals surface area contributed by atoms with E-state index in [1.165, 1.54) is 11.6 Å². The fourth-order valence-corrected chi connectivity index (χ4v) is 15.1. The molecule has 1 saturated carbocycles. The maximum Gasteiger partial charge on any atom is 0.297 e. The van der Waals surface area contributed by atoms with Gasteiger partial charge in [0.2, 0.25) is 11.8 Å². The van der Waals surface area contributed by atoms with Gasteiger partial charge in [-0.25, -0.2) is 23.1 Å². The molecule has 22 nitrogen and oxygen atoms in total. The number of hydrogen-bond acceptors (Lipinski definition) is 19. The van der Waals surface area contributed by atoms with Gasteiger partial charge in [-0.3, -0.25) is 19.8 Å². The summed E-state index contributed by atoms with van der Waals surface area (Å²) in [6, 6.07) is 20.1. The van der Waals surface area contributed by atoms with Gasteiger partial charge < -0.3 is 53.4 Å². The molecule has 3 N–H and O–H groups in total. The molecule has 0 unspecified atom stereocenters. The highest BCUT2D eigenvalue weighted by atomic mass is 32.2. The maximum atomic E-state index is 14.9. The first kappa shape index (κ1) is 53.7. The summed E-state index contributed by atoms with van der Waals surface area (Å²) in [5.41, 5.74) is 5.82. The number of sulfonamides is 1. The van der Waals surface area contributed by atoms with Gasteiger partial charge in [0, 0.05) is 112 Å². The molecule has 14 rings (SSSR count). The predicted molar refractivity (Wildman–Crippen MR) is 309 cm³/mol. The number of carbonyl (C=O) groups is 1. The van der Waals surface area contributed by atoms with Gasteiger partial charge >= 0.3 is 0 Å². The number of fused-ring (bicyclic) bond motifs is 5. The second-order valence-electron chi connectivity index (χ2n) is 23.8. The number of carbonyl (C=O) groups excluding carboxylic acids is 1. The number of aromatic nitrogens is 4. The van der Waals surface area contributed by atoms with Crippen molar-refractivity contribution in [2.24, 2.45) is 11.3 Å². The molecular weight excluding hydrogens is 1080 g/mol. The zero-order valence-electron chi connectivity index (χ0n) is 46.7. The first-order valence-corrected chi connectivity index (χ1v) is 30.8. The van der Waals surface area contributed by atoms with E-state index in [1.807, 2.05) is 36.5 Å². The van der Waals surface area contributed by atoms with Gasteiger partial charge in [-0.2, -0.15) is 4.98 Å². The van der Waals surface area contributed by atoms with Crippen LogP contribution < -0.4 is 38.9 Å². The Morgan fingerprint density at radius 1 is 0.904 bits per heavy atom. The highest BCUT2D eigenvalue weighted by Gasteiger charge is 2.51. The lowest BCUT2D eigenvalue weighted by molar-refractivity contribution is -0.384. The van der Waals surface area contributed by atoms with E-state index >= 15 is 0 Å². The normalized spacial score (nSPS) is 23.7. The molecule has 3 aromatic heterocycles. The standard InChI is InChI=1S/C60H69N11O11S/c1-36(2)81-52-6-4-3-5-43(52)51-32-68(59-62-31-39-33-78-23-12-45(39)64-59)19-20-69(51)41-29-60(30-41)14-17-67(18-15-60)40-7-8-44(48(26-40)70-47-13-24-79-35-54(47)82-58-50(70)25-38-9-16-61-56(38)65-58)57(72)66-83(75,76)42-27-49(71(73)74)55-53(28-42)80-34-46(63-55)37-10-21-77-22-11-37/h3-9,16,25-28,31,36-37,41,46-47,51,54,63H,10-15,17-24,29-30,32-35H2,1-2H3,(H,61,65)(H,66,72)/t46-,47-,51-,54-/m0/s1. The molecule has 23 heteroatoms. The Balaban J connectivity index is 0.739. The first-order valence-electron chi connectivity index (χ1n) is 29.3. The van der Waals surface area contributed by atoms with Gasteiger partial charge in [0.05, 0.1) is 70.8 Å². The van der Waals surface area contributed by atoms with E-state index in [-0.39, 0.29) is 65.8 Å². The molecule has 8 aliphatic rings. The summed E-state index contributed by atoms with van der Waals surface area (Å²) in [6.45, 7) is 11.4. The summed E-state index contributed by atoms with van der Waals surface area (Å²) < 4.78 is 67.5. The van der Waals surface area contributed by atoms with Crippen molar-refractivity contribution >= 4 is 61.3 Å². The molecular formula is C60H69N11O11S. The molecule has 0 bridgehead atoms. The number of pyridine rings is 1. The van der Waals surface area contributed by atoms with Crippen LogP contribution in [0, 0.1) is 21.4 Å². The summed E-state index contributed by atoms with van der Waals surface area (Å²) in [5.74, 6) is 1.31. The molecule has 1 spiro atoms. The topological polar surface area (TPSA) is 241 Å². The second kappa shape index (κ2) is 21.7. The van der Waals surface area contributed by atoms with Crippen molar-refractivity contribution in [2.45, 2.75) is 113 Å². The number of anilines is 5. The Bertz CT molecular complexity index is 3580.